The second-order valence-corrected chi connectivity index (χ2v) is 7.37. The summed E-state index contributed by atoms with van der Waals surface area (Å²) < 4.78 is 0. The summed E-state index contributed by atoms with van der Waals surface area (Å²) in [6.07, 6.45) is 1.35. The third-order valence-corrected chi connectivity index (χ3v) is 5.44. The highest BCUT2D eigenvalue weighted by molar-refractivity contribution is 7.12. The first-order valence-electron chi connectivity index (χ1n) is 7.94. The highest BCUT2D eigenvalue weighted by Gasteiger charge is 2.28. The van der Waals surface area contributed by atoms with Gasteiger partial charge in [0, 0.05) is 19.0 Å². The van der Waals surface area contributed by atoms with Gasteiger partial charge in [0.15, 0.2) is 0 Å². The van der Waals surface area contributed by atoms with Crippen molar-refractivity contribution in [2.24, 2.45) is 5.92 Å². The average molecular weight is 363 g/mol. The van der Waals surface area contributed by atoms with Gasteiger partial charge in [-0.1, -0.05) is 23.7 Å². The standard InChI is InChI=1S/C18H19ClN2O2S/c1-12-4-5-15(14(19)11-12)20-17(22)13-6-8-21(9-7-13)18(23)16-3-2-10-24-16/h2-5,10-11,13H,6-9H2,1H3,(H,20,22). The number of nitrogens with zero attached hydrogens (tertiary/aromatic N) is 1. The lowest BCUT2D eigenvalue weighted by atomic mass is 9.95. The van der Waals surface area contributed by atoms with Gasteiger partial charge in [-0.2, -0.15) is 0 Å². The van der Waals surface area contributed by atoms with Crippen LogP contribution in [0, 0.1) is 12.8 Å². The predicted octanol–water partition coefficient (Wildman–Crippen LogP) is 4.20. The van der Waals surface area contributed by atoms with Crippen molar-refractivity contribution in [1.82, 2.24) is 4.90 Å². The highest BCUT2D eigenvalue weighted by atomic mass is 35.5. The molecule has 0 unspecified atom stereocenters. The molecule has 0 saturated carbocycles. The molecule has 3 rings (SSSR count). The number of benzene rings is 1. The molecule has 0 aliphatic carbocycles. The van der Waals surface area contributed by atoms with Crippen LogP contribution in [-0.4, -0.2) is 29.8 Å². The van der Waals surface area contributed by atoms with Crippen molar-refractivity contribution in [2.45, 2.75) is 19.8 Å². The molecule has 1 fully saturated rings. The summed E-state index contributed by atoms with van der Waals surface area (Å²) in [4.78, 5) is 27.3. The third kappa shape index (κ3) is 3.79. The van der Waals surface area contributed by atoms with E-state index in [0.717, 1.165) is 10.4 Å². The van der Waals surface area contributed by atoms with Crippen LogP contribution >= 0.6 is 22.9 Å². The topological polar surface area (TPSA) is 49.4 Å². The number of piperidine rings is 1. The molecule has 1 aliphatic rings. The van der Waals surface area contributed by atoms with Crippen LogP contribution < -0.4 is 5.32 Å². The molecule has 0 bridgehead atoms. The first-order valence-corrected chi connectivity index (χ1v) is 9.20. The maximum atomic E-state index is 12.4. The quantitative estimate of drug-likeness (QED) is 0.889. The molecule has 1 aliphatic heterocycles. The number of nitrogens with one attached hydrogen (secondary N) is 1. The van der Waals surface area contributed by atoms with Crippen molar-refractivity contribution in [3.63, 3.8) is 0 Å². The molecular weight excluding hydrogens is 344 g/mol. The summed E-state index contributed by atoms with van der Waals surface area (Å²) in [6, 6.07) is 9.29. The summed E-state index contributed by atoms with van der Waals surface area (Å²) in [6.45, 7) is 3.17. The second-order valence-electron chi connectivity index (χ2n) is 6.02. The van der Waals surface area contributed by atoms with Gasteiger partial charge in [-0.15, -0.1) is 11.3 Å². The molecule has 0 spiro atoms. The lowest BCUT2D eigenvalue weighted by Crippen LogP contribution is -2.41. The number of carbonyl (C=O) groups excluding carboxylic acids is 2. The zero-order valence-corrected chi connectivity index (χ0v) is 15.0. The van der Waals surface area contributed by atoms with Gasteiger partial charge in [-0.05, 0) is 48.9 Å². The van der Waals surface area contributed by atoms with Gasteiger partial charge in [0.05, 0.1) is 15.6 Å². The van der Waals surface area contributed by atoms with E-state index in [1.54, 1.807) is 0 Å². The summed E-state index contributed by atoms with van der Waals surface area (Å²) in [5.41, 5.74) is 1.70. The average Bonchev–Trinajstić information content (AvgIpc) is 3.11. The van der Waals surface area contributed by atoms with Crippen molar-refractivity contribution in [2.75, 3.05) is 18.4 Å². The summed E-state index contributed by atoms with van der Waals surface area (Å²) in [5.74, 6) is -0.0517. The Kier molecular flexibility index (Phi) is 5.21. The Bertz CT molecular complexity index is 737. The largest absolute Gasteiger partial charge is 0.338 e. The Morgan fingerprint density at radius 2 is 2.00 bits per heavy atom. The fourth-order valence-electron chi connectivity index (χ4n) is 2.86. The molecule has 1 aromatic heterocycles. The summed E-state index contributed by atoms with van der Waals surface area (Å²) in [5, 5.41) is 5.36. The third-order valence-electron chi connectivity index (χ3n) is 4.27. The first kappa shape index (κ1) is 17.0. The molecule has 2 aromatic rings. The van der Waals surface area contributed by atoms with E-state index in [1.165, 1.54) is 11.3 Å². The van der Waals surface area contributed by atoms with E-state index in [0.29, 0.717) is 36.6 Å². The Hall–Kier alpha value is -1.85. The number of hydrogen-bond acceptors (Lipinski definition) is 3. The molecule has 6 heteroatoms. The first-order chi connectivity index (χ1) is 11.5. The molecular formula is C18H19ClN2O2S. The number of likely N-dealkylation sites (tertiary alicyclic amines) is 1. The van der Waals surface area contributed by atoms with E-state index in [9.17, 15) is 9.59 Å². The second kappa shape index (κ2) is 7.36. The normalized spacial score (nSPS) is 15.3. The number of amides is 2. The van der Waals surface area contributed by atoms with Gasteiger partial charge in [-0.3, -0.25) is 9.59 Å². The fourth-order valence-corrected chi connectivity index (χ4v) is 3.83. The number of carbonyl (C=O) groups is 2. The van der Waals surface area contributed by atoms with Crippen molar-refractivity contribution >= 4 is 40.4 Å². The monoisotopic (exact) mass is 362 g/mol. The van der Waals surface area contributed by atoms with E-state index in [2.05, 4.69) is 5.32 Å². The number of anilines is 1. The lowest BCUT2D eigenvalue weighted by Gasteiger charge is -2.31. The van der Waals surface area contributed by atoms with Crippen LogP contribution in [0.1, 0.15) is 28.1 Å². The van der Waals surface area contributed by atoms with Crippen molar-refractivity contribution in [3.8, 4) is 0 Å². The zero-order chi connectivity index (χ0) is 17.1. The summed E-state index contributed by atoms with van der Waals surface area (Å²) >= 11 is 7.62. The van der Waals surface area contributed by atoms with Gasteiger partial charge < -0.3 is 10.2 Å². The molecule has 0 atom stereocenters. The van der Waals surface area contributed by atoms with E-state index in [-0.39, 0.29) is 17.7 Å². The Balaban J connectivity index is 1.56. The fraction of sp³-hybridized carbons (Fsp3) is 0.333. The lowest BCUT2D eigenvalue weighted by molar-refractivity contribution is -0.121. The molecule has 0 radical (unpaired) electrons. The molecule has 1 saturated heterocycles. The Morgan fingerprint density at radius 3 is 2.62 bits per heavy atom. The van der Waals surface area contributed by atoms with E-state index < -0.39 is 0 Å². The highest BCUT2D eigenvalue weighted by Crippen LogP contribution is 2.26. The van der Waals surface area contributed by atoms with E-state index in [1.807, 2.05) is 47.5 Å². The van der Waals surface area contributed by atoms with Gasteiger partial charge >= 0.3 is 0 Å². The van der Waals surface area contributed by atoms with E-state index in [4.69, 9.17) is 11.6 Å². The minimum absolute atomic E-state index is 0.0241. The Labute approximate surface area is 150 Å². The molecule has 1 aromatic carbocycles. The van der Waals surface area contributed by atoms with Crippen LogP contribution in [0.3, 0.4) is 0 Å². The van der Waals surface area contributed by atoms with Gasteiger partial charge in [-0.25, -0.2) is 0 Å². The van der Waals surface area contributed by atoms with Crippen LogP contribution in [0.25, 0.3) is 0 Å². The Morgan fingerprint density at radius 1 is 1.25 bits per heavy atom. The number of thiophene rings is 1. The maximum Gasteiger partial charge on any atom is 0.263 e. The number of aryl methyl sites for hydroxylation is 1. The molecule has 1 N–H and O–H groups in total. The number of halogens is 1. The van der Waals surface area contributed by atoms with Crippen LogP contribution in [0.15, 0.2) is 35.7 Å². The molecule has 126 valence electrons. The van der Waals surface area contributed by atoms with Crippen LogP contribution in [0.5, 0.6) is 0 Å². The number of rotatable bonds is 3. The van der Waals surface area contributed by atoms with Crippen molar-refractivity contribution in [1.29, 1.82) is 0 Å². The molecule has 24 heavy (non-hydrogen) atoms. The van der Waals surface area contributed by atoms with Gasteiger partial charge in [0.2, 0.25) is 5.91 Å². The molecule has 2 amide bonds. The van der Waals surface area contributed by atoms with Crippen molar-refractivity contribution in [3.05, 3.63) is 51.2 Å². The maximum absolute atomic E-state index is 12.4. The minimum atomic E-state index is -0.0882. The van der Waals surface area contributed by atoms with Gasteiger partial charge in [0.25, 0.3) is 5.91 Å². The smallest absolute Gasteiger partial charge is 0.263 e. The van der Waals surface area contributed by atoms with Gasteiger partial charge in [0.1, 0.15) is 0 Å². The zero-order valence-electron chi connectivity index (χ0n) is 13.4. The molecule has 4 nitrogen and oxygen atoms in total. The summed E-state index contributed by atoms with van der Waals surface area (Å²) in [7, 11) is 0. The SMILES string of the molecule is Cc1ccc(NC(=O)C2CCN(C(=O)c3cccs3)CC2)c(Cl)c1. The predicted molar refractivity (Wildman–Crippen MR) is 97.8 cm³/mol. The van der Waals surface area contributed by atoms with Crippen LogP contribution in [0.2, 0.25) is 5.02 Å². The van der Waals surface area contributed by atoms with E-state index >= 15 is 0 Å². The molecule has 2 heterocycles. The van der Waals surface area contributed by atoms with Crippen molar-refractivity contribution < 1.29 is 9.59 Å². The van der Waals surface area contributed by atoms with Crippen LogP contribution in [-0.2, 0) is 4.79 Å². The van der Waals surface area contributed by atoms with Crippen LogP contribution in [0.4, 0.5) is 5.69 Å². The minimum Gasteiger partial charge on any atom is -0.338 e. The number of hydrogen-bond donors (Lipinski definition) is 1.